The van der Waals surface area contributed by atoms with E-state index < -0.39 is 11.5 Å². The summed E-state index contributed by atoms with van der Waals surface area (Å²) in [4.78, 5) is 24.7. The number of aryl methyl sites for hydroxylation is 1. The molecule has 0 saturated heterocycles. The number of amides is 1. The molecule has 5 nitrogen and oxygen atoms in total. The van der Waals surface area contributed by atoms with Crippen LogP contribution in [0.25, 0.3) is 11.0 Å². The van der Waals surface area contributed by atoms with E-state index >= 15 is 0 Å². The molecule has 3 rings (SSSR count). The molecule has 0 aliphatic carbocycles. The van der Waals surface area contributed by atoms with Gasteiger partial charge in [-0.05, 0) is 42.7 Å². The van der Waals surface area contributed by atoms with Crippen molar-refractivity contribution in [3.05, 3.63) is 70.1 Å². The molecule has 0 unspecified atom stereocenters. The highest BCUT2D eigenvalue weighted by Crippen LogP contribution is 2.24. The summed E-state index contributed by atoms with van der Waals surface area (Å²) in [6.07, 6.45) is 3.29. The van der Waals surface area contributed by atoms with Crippen molar-refractivity contribution in [3.63, 3.8) is 0 Å². The lowest BCUT2D eigenvalue weighted by Gasteiger charge is -2.08. The third-order valence-corrected chi connectivity index (χ3v) is 4.22. The van der Waals surface area contributed by atoms with Gasteiger partial charge in [0.1, 0.15) is 5.56 Å². The quantitative estimate of drug-likeness (QED) is 0.669. The summed E-state index contributed by atoms with van der Waals surface area (Å²) in [7, 11) is 1.50. The first kappa shape index (κ1) is 17.7. The summed E-state index contributed by atoms with van der Waals surface area (Å²) in [5.41, 5.74) is 1.46. The number of carbonyl (C=O) groups is 1. The average Bonchev–Trinajstić information content (AvgIpc) is 2.66. The smallest absolute Gasteiger partial charge is 0.349 e. The van der Waals surface area contributed by atoms with Crippen LogP contribution in [0.1, 0.15) is 35.7 Å². The number of hydrogen-bond donors (Lipinski definition) is 1. The number of nitrogens with one attached hydrogen (secondary N) is 1. The number of ether oxygens (including phenoxy) is 1. The van der Waals surface area contributed by atoms with Crippen LogP contribution in [0.2, 0.25) is 0 Å². The number of fused-ring (bicyclic) bond motifs is 1. The van der Waals surface area contributed by atoms with Crippen LogP contribution in [0.4, 0.5) is 5.69 Å². The fourth-order valence-electron chi connectivity index (χ4n) is 2.77. The van der Waals surface area contributed by atoms with Crippen molar-refractivity contribution in [2.24, 2.45) is 0 Å². The van der Waals surface area contributed by atoms with E-state index in [2.05, 4.69) is 12.2 Å². The molecule has 0 spiro atoms. The van der Waals surface area contributed by atoms with Gasteiger partial charge in [-0.15, -0.1) is 0 Å². The normalized spacial score (nSPS) is 10.7. The number of carbonyl (C=O) groups excluding carboxylic acids is 1. The summed E-state index contributed by atoms with van der Waals surface area (Å²) in [5, 5.41) is 3.37. The minimum Gasteiger partial charge on any atom is -0.493 e. The van der Waals surface area contributed by atoms with Crippen LogP contribution in [0.5, 0.6) is 5.75 Å². The van der Waals surface area contributed by atoms with E-state index in [9.17, 15) is 9.59 Å². The molecule has 2 aromatic carbocycles. The van der Waals surface area contributed by atoms with Crippen molar-refractivity contribution in [1.29, 1.82) is 0 Å². The molecule has 1 aromatic heterocycles. The molecule has 0 aliphatic rings. The van der Waals surface area contributed by atoms with Gasteiger partial charge in [-0.2, -0.15) is 0 Å². The molecule has 0 bridgehead atoms. The van der Waals surface area contributed by atoms with Crippen LogP contribution in [0.15, 0.2) is 57.7 Å². The molecule has 0 saturated carbocycles. The van der Waals surface area contributed by atoms with Crippen molar-refractivity contribution < 1.29 is 13.9 Å². The molecule has 1 amide bonds. The van der Waals surface area contributed by atoms with E-state index in [-0.39, 0.29) is 5.56 Å². The summed E-state index contributed by atoms with van der Waals surface area (Å²) < 4.78 is 10.5. The van der Waals surface area contributed by atoms with Crippen LogP contribution in [-0.2, 0) is 6.42 Å². The van der Waals surface area contributed by atoms with Crippen LogP contribution in [0, 0.1) is 0 Å². The van der Waals surface area contributed by atoms with Crippen molar-refractivity contribution in [2.75, 3.05) is 12.4 Å². The van der Waals surface area contributed by atoms with Gasteiger partial charge in [0.2, 0.25) is 0 Å². The number of para-hydroxylation sites is 1. The van der Waals surface area contributed by atoms with Crippen LogP contribution < -0.4 is 15.7 Å². The van der Waals surface area contributed by atoms with E-state index in [0.29, 0.717) is 22.4 Å². The van der Waals surface area contributed by atoms with Crippen molar-refractivity contribution >= 4 is 22.6 Å². The van der Waals surface area contributed by atoms with Gasteiger partial charge in [0.15, 0.2) is 11.3 Å². The zero-order chi connectivity index (χ0) is 18.5. The molecule has 134 valence electrons. The molecule has 1 N–H and O–H groups in total. The van der Waals surface area contributed by atoms with Crippen molar-refractivity contribution in [1.82, 2.24) is 0 Å². The second-order valence-corrected chi connectivity index (χ2v) is 6.08. The zero-order valence-electron chi connectivity index (χ0n) is 14.9. The van der Waals surface area contributed by atoms with Gasteiger partial charge in [0.25, 0.3) is 5.91 Å². The molecule has 0 radical (unpaired) electrons. The molecule has 26 heavy (non-hydrogen) atoms. The number of hydrogen-bond acceptors (Lipinski definition) is 4. The summed E-state index contributed by atoms with van der Waals surface area (Å²) >= 11 is 0. The molecule has 0 fully saturated rings. The lowest BCUT2D eigenvalue weighted by molar-refractivity contribution is 0.102. The van der Waals surface area contributed by atoms with E-state index in [1.165, 1.54) is 18.7 Å². The second kappa shape index (κ2) is 7.87. The fraction of sp³-hybridized carbons (Fsp3) is 0.238. The number of anilines is 1. The highest BCUT2D eigenvalue weighted by molar-refractivity contribution is 6.05. The van der Waals surface area contributed by atoms with Crippen molar-refractivity contribution in [2.45, 2.75) is 26.2 Å². The Morgan fingerprint density at radius 3 is 2.62 bits per heavy atom. The minimum absolute atomic E-state index is 0.0409. The fourth-order valence-corrected chi connectivity index (χ4v) is 2.77. The average molecular weight is 351 g/mol. The standard InChI is InChI=1S/C21H21NO4/c1-3-4-6-14-9-11-16(12-10-14)22-20(23)17-13-15-7-5-8-18(25-2)19(15)26-21(17)24/h5,7-13H,3-4,6H2,1-2H3,(H,22,23). The third kappa shape index (κ3) is 3.77. The molecular formula is C21H21NO4. The number of unbranched alkanes of at least 4 members (excludes halogenated alkanes) is 1. The van der Waals surface area contributed by atoms with Gasteiger partial charge in [0, 0.05) is 11.1 Å². The SMILES string of the molecule is CCCCc1ccc(NC(=O)c2cc3cccc(OC)c3oc2=O)cc1. The van der Waals surface area contributed by atoms with E-state index in [1.54, 1.807) is 18.2 Å². The van der Waals surface area contributed by atoms with Gasteiger partial charge in [-0.3, -0.25) is 4.79 Å². The van der Waals surface area contributed by atoms with Crippen molar-refractivity contribution in [3.8, 4) is 5.75 Å². The third-order valence-electron chi connectivity index (χ3n) is 4.22. The molecule has 0 aliphatic heterocycles. The molecule has 3 aromatic rings. The van der Waals surface area contributed by atoms with Gasteiger partial charge in [0.05, 0.1) is 7.11 Å². The van der Waals surface area contributed by atoms with Gasteiger partial charge >= 0.3 is 5.63 Å². The largest absolute Gasteiger partial charge is 0.493 e. The van der Waals surface area contributed by atoms with Gasteiger partial charge < -0.3 is 14.5 Å². The Bertz CT molecular complexity index is 973. The molecular weight excluding hydrogens is 330 g/mol. The van der Waals surface area contributed by atoms with Crippen LogP contribution in [-0.4, -0.2) is 13.0 Å². The molecule has 1 heterocycles. The number of benzene rings is 2. The van der Waals surface area contributed by atoms with E-state index in [4.69, 9.17) is 9.15 Å². The van der Waals surface area contributed by atoms with Gasteiger partial charge in [-0.1, -0.05) is 37.6 Å². The first-order valence-electron chi connectivity index (χ1n) is 8.63. The summed E-state index contributed by atoms with van der Waals surface area (Å²) in [6, 6.07) is 14.4. The minimum atomic E-state index is -0.695. The zero-order valence-corrected chi connectivity index (χ0v) is 14.9. The Hall–Kier alpha value is -3.08. The highest BCUT2D eigenvalue weighted by Gasteiger charge is 2.15. The maximum absolute atomic E-state index is 12.5. The number of rotatable bonds is 6. The summed E-state index contributed by atoms with van der Waals surface area (Å²) in [6.45, 7) is 2.15. The predicted molar refractivity (Wildman–Crippen MR) is 102 cm³/mol. The lowest BCUT2D eigenvalue weighted by atomic mass is 10.1. The Morgan fingerprint density at radius 1 is 1.15 bits per heavy atom. The lowest BCUT2D eigenvalue weighted by Crippen LogP contribution is -2.20. The monoisotopic (exact) mass is 351 g/mol. The molecule has 0 atom stereocenters. The topological polar surface area (TPSA) is 68.5 Å². The first-order chi connectivity index (χ1) is 12.6. The second-order valence-electron chi connectivity index (χ2n) is 6.08. The highest BCUT2D eigenvalue weighted by atomic mass is 16.5. The maximum atomic E-state index is 12.5. The Kier molecular flexibility index (Phi) is 5.37. The first-order valence-corrected chi connectivity index (χ1v) is 8.63. The maximum Gasteiger partial charge on any atom is 0.349 e. The number of methoxy groups -OCH3 is 1. The van der Waals surface area contributed by atoms with Crippen LogP contribution >= 0.6 is 0 Å². The summed E-state index contributed by atoms with van der Waals surface area (Å²) in [5.74, 6) is -0.0426. The van der Waals surface area contributed by atoms with E-state index in [1.807, 2.05) is 24.3 Å². The van der Waals surface area contributed by atoms with Gasteiger partial charge in [-0.25, -0.2) is 4.79 Å². The Balaban J connectivity index is 1.83. The van der Waals surface area contributed by atoms with Crippen LogP contribution in [0.3, 0.4) is 0 Å². The predicted octanol–water partition coefficient (Wildman–Crippen LogP) is 4.40. The Morgan fingerprint density at radius 2 is 1.92 bits per heavy atom. The van der Waals surface area contributed by atoms with E-state index in [0.717, 1.165) is 19.3 Å². The Labute approximate surface area is 151 Å². The molecule has 5 heteroatoms.